The van der Waals surface area contributed by atoms with Gasteiger partial charge in [-0.25, -0.2) is 4.68 Å². The number of rotatable bonds is 6. The van der Waals surface area contributed by atoms with Gasteiger partial charge in [0.15, 0.2) is 0 Å². The summed E-state index contributed by atoms with van der Waals surface area (Å²) in [4.78, 5) is 30.5. The van der Waals surface area contributed by atoms with Crippen molar-refractivity contribution >= 4 is 23.2 Å². The van der Waals surface area contributed by atoms with E-state index in [1.54, 1.807) is 16.0 Å². The summed E-state index contributed by atoms with van der Waals surface area (Å²) in [6.07, 6.45) is 4.02. The van der Waals surface area contributed by atoms with Crippen LogP contribution in [0.25, 0.3) is 16.3 Å². The van der Waals surface area contributed by atoms with Gasteiger partial charge in [-0.1, -0.05) is 24.3 Å². The second-order valence-corrected chi connectivity index (χ2v) is 9.01. The number of para-hydroxylation sites is 1. The second kappa shape index (κ2) is 8.64. The average Bonchev–Trinajstić information content (AvgIpc) is 3.27. The molecule has 5 rings (SSSR count). The Labute approximate surface area is 185 Å². The topological polar surface area (TPSA) is 70.5 Å². The van der Waals surface area contributed by atoms with E-state index in [-0.39, 0.29) is 11.8 Å². The van der Waals surface area contributed by atoms with Crippen LogP contribution in [-0.4, -0.2) is 70.2 Å². The third kappa shape index (κ3) is 4.55. The van der Waals surface area contributed by atoms with Crippen LogP contribution in [0.1, 0.15) is 23.2 Å². The van der Waals surface area contributed by atoms with Crippen molar-refractivity contribution in [3.63, 3.8) is 0 Å². The highest BCUT2D eigenvalue weighted by molar-refractivity contribution is 7.13. The molecule has 0 unspecified atom stereocenters. The normalized spacial score (nSPS) is 17.0. The first-order valence-electron chi connectivity index (χ1n) is 10.7. The van der Waals surface area contributed by atoms with Crippen molar-refractivity contribution in [3.8, 4) is 16.3 Å². The fraction of sp³-hybridized carbons (Fsp3) is 0.348. The van der Waals surface area contributed by atoms with Gasteiger partial charge >= 0.3 is 0 Å². The number of carbonyl (C=O) groups is 2. The van der Waals surface area contributed by atoms with Crippen LogP contribution < -0.4 is 5.32 Å². The van der Waals surface area contributed by atoms with E-state index in [9.17, 15) is 9.59 Å². The van der Waals surface area contributed by atoms with Crippen LogP contribution in [0, 0.1) is 0 Å². The van der Waals surface area contributed by atoms with Crippen molar-refractivity contribution in [1.29, 1.82) is 0 Å². The quantitative estimate of drug-likeness (QED) is 0.646. The number of nitrogens with zero attached hydrogens (tertiary/aromatic N) is 4. The Morgan fingerprint density at radius 3 is 2.48 bits per heavy atom. The van der Waals surface area contributed by atoms with Crippen LogP contribution in [0.4, 0.5) is 0 Å². The molecule has 0 atom stereocenters. The Morgan fingerprint density at radius 1 is 1.03 bits per heavy atom. The van der Waals surface area contributed by atoms with Gasteiger partial charge in [-0.05, 0) is 36.4 Å². The van der Waals surface area contributed by atoms with E-state index in [2.05, 4.69) is 10.2 Å². The molecule has 1 aliphatic heterocycles. The lowest BCUT2D eigenvalue weighted by Crippen LogP contribution is -2.51. The van der Waals surface area contributed by atoms with Gasteiger partial charge in [0.05, 0.1) is 22.7 Å². The number of thiophene rings is 1. The zero-order valence-electron chi connectivity index (χ0n) is 17.2. The number of hydrogen-bond acceptors (Lipinski definition) is 5. The van der Waals surface area contributed by atoms with Crippen molar-refractivity contribution in [3.05, 3.63) is 59.6 Å². The predicted molar refractivity (Wildman–Crippen MR) is 120 cm³/mol. The average molecular weight is 436 g/mol. The number of nitrogens with one attached hydrogen (secondary N) is 1. The van der Waals surface area contributed by atoms with Gasteiger partial charge in [0.25, 0.3) is 5.91 Å². The first kappa shape index (κ1) is 20.0. The fourth-order valence-corrected chi connectivity index (χ4v) is 4.55. The molecule has 7 nitrogen and oxygen atoms in total. The van der Waals surface area contributed by atoms with Gasteiger partial charge in [-0.15, -0.1) is 11.3 Å². The molecule has 1 aliphatic carbocycles. The van der Waals surface area contributed by atoms with Crippen molar-refractivity contribution in [2.24, 2.45) is 0 Å². The lowest BCUT2D eigenvalue weighted by atomic mass is 10.1. The minimum absolute atomic E-state index is 0.00679. The maximum absolute atomic E-state index is 13.4. The Kier molecular flexibility index (Phi) is 5.57. The monoisotopic (exact) mass is 435 g/mol. The number of benzene rings is 1. The molecule has 2 aliphatic rings. The van der Waals surface area contributed by atoms with E-state index in [0.717, 1.165) is 29.1 Å². The van der Waals surface area contributed by atoms with Crippen molar-refractivity contribution in [2.45, 2.75) is 18.9 Å². The number of carbonyl (C=O) groups excluding carboxylic acids is 2. The molecule has 1 aromatic carbocycles. The highest BCUT2D eigenvalue weighted by Gasteiger charge is 2.29. The highest BCUT2D eigenvalue weighted by Crippen LogP contribution is 2.29. The summed E-state index contributed by atoms with van der Waals surface area (Å²) in [5, 5.41) is 9.77. The SMILES string of the molecule is O=C(CN1CCN(C(=O)c2cn(-c3ccccc3)nc2-c2cccs2)CC1)NC1CC1. The van der Waals surface area contributed by atoms with Gasteiger partial charge in [0, 0.05) is 38.4 Å². The lowest BCUT2D eigenvalue weighted by molar-refractivity contribution is -0.122. The summed E-state index contributed by atoms with van der Waals surface area (Å²) >= 11 is 1.58. The van der Waals surface area contributed by atoms with Crippen molar-refractivity contribution < 1.29 is 9.59 Å². The Hall–Kier alpha value is -2.97. The molecule has 0 spiro atoms. The molecule has 1 saturated heterocycles. The molecule has 2 fully saturated rings. The third-order valence-electron chi connectivity index (χ3n) is 5.69. The Balaban J connectivity index is 1.31. The van der Waals surface area contributed by atoms with Crippen LogP contribution in [0.2, 0.25) is 0 Å². The smallest absolute Gasteiger partial charge is 0.257 e. The van der Waals surface area contributed by atoms with Crippen LogP contribution >= 0.6 is 11.3 Å². The van der Waals surface area contributed by atoms with Crippen molar-refractivity contribution in [1.82, 2.24) is 24.9 Å². The summed E-state index contributed by atoms with van der Waals surface area (Å²) in [6.45, 7) is 3.02. The number of piperazine rings is 1. The van der Waals surface area contributed by atoms with E-state index < -0.39 is 0 Å². The van der Waals surface area contributed by atoms with Crippen LogP contribution in [0.3, 0.4) is 0 Å². The molecule has 0 radical (unpaired) electrons. The van der Waals surface area contributed by atoms with Crippen LogP contribution in [-0.2, 0) is 4.79 Å². The van der Waals surface area contributed by atoms with E-state index >= 15 is 0 Å². The summed E-state index contributed by atoms with van der Waals surface area (Å²) < 4.78 is 1.78. The van der Waals surface area contributed by atoms with E-state index in [1.807, 2.05) is 58.9 Å². The van der Waals surface area contributed by atoms with E-state index in [1.165, 1.54) is 0 Å². The molecule has 2 amide bonds. The minimum Gasteiger partial charge on any atom is -0.352 e. The number of hydrogen-bond donors (Lipinski definition) is 1. The maximum Gasteiger partial charge on any atom is 0.257 e. The van der Waals surface area contributed by atoms with Crippen LogP contribution in [0.5, 0.6) is 0 Å². The molecular formula is C23H25N5O2S. The first-order chi connectivity index (χ1) is 15.2. The molecule has 31 heavy (non-hydrogen) atoms. The zero-order valence-corrected chi connectivity index (χ0v) is 18.1. The van der Waals surface area contributed by atoms with Gasteiger partial charge in [-0.3, -0.25) is 14.5 Å². The lowest BCUT2D eigenvalue weighted by Gasteiger charge is -2.34. The maximum atomic E-state index is 13.4. The van der Waals surface area contributed by atoms with Gasteiger partial charge in [-0.2, -0.15) is 5.10 Å². The third-order valence-corrected chi connectivity index (χ3v) is 6.57. The van der Waals surface area contributed by atoms with Gasteiger partial charge in [0.2, 0.25) is 5.91 Å². The molecule has 0 bridgehead atoms. The highest BCUT2D eigenvalue weighted by atomic mass is 32.1. The summed E-state index contributed by atoms with van der Waals surface area (Å²) in [7, 11) is 0. The van der Waals surface area contributed by atoms with Crippen LogP contribution in [0.15, 0.2) is 54.0 Å². The van der Waals surface area contributed by atoms with E-state index in [4.69, 9.17) is 5.10 Å². The summed E-state index contributed by atoms with van der Waals surface area (Å²) in [5.74, 6) is 0.0825. The van der Waals surface area contributed by atoms with E-state index in [0.29, 0.717) is 44.3 Å². The van der Waals surface area contributed by atoms with Gasteiger partial charge in [0.1, 0.15) is 5.69 Å². The predicted octanol–water partition coefficient (Wildman–Crippen LogP) is 2.64. The van der Waals surface area contributed by atoms with Crippen molar-refractivity contribution in [2.75, 3.05) is 32.7 Å². The Bertz CT molecular complexity index is 1050. The zero-order chi connectivity index (χ0) is 21.2. The van der Waals surface area contributed by atoms with Gasteiger partial charge < -0.3 is 10.2 Å². The molecule has 2 aromatic heterocycles. The second-order valence-electron chi connectivity index (χ2n) is 8.06. The molecule has 160 valence electrons. The molecule has 3 heterocycles. The standard InChI is InChI=1S/C23H25N5O2S/c29-21(24-17-8-9-17)16-26-10-12-27(13-11-26)23(30)19-15-28(18-5-2-1-3-6-18)25-22(19)20-7-4-14-31-20/h1-7,14-15,17H,8-13,16H2,(H,24,29). The number of amides is 2. The number of aromatic nitrogens is 2. The molecular weight excluding hydrogens is 410 g/mol. The summed E-state index contributed by atoms with van der Waals surface area (Å²) in [6, 6.07) is 14.2. The Morgan fingerprint density at radius 2 is 1.81 bits per heavy atom. The fourth-order valence-electron chi connectivity index (χ4n) is 3.82. The molecule has 8 heteroatoms. The molecule has 1 N–H and O–H groups in total. The largest absolute Gasteiger partial charge is 0.352 e. The first-order valence-corrected chi connectivity index (χ1v) is 11.6. The summed E-state index contributed by atoms with van der Waals surface area (Å²) in [5.41, 5.74) is 2.26. The molecule has 3 aromatic rings. The molecule has 1 saturated carbocycles. The minimum atomic E-state index is -0.00679.